The number of carbonyl (C=O) groups is 2. The molecule has 6 aliphatic rings. The number of nitrogens with two attached hydrogens (primary N) is 2. The fraction of sp³-hybridized carbons (Fsp3) is 0.950. The molecule has 6 fully saturated rings. The molecule has 0 radical (unpaired) electrons. The average molecular weight is 689 g/mol. The molecule has 6 N–H and O–H groups in total. The summed E-state index contributed by atoms with van der Waals surface area (Å²) in [6.07, 6.45) is 6.20. The van der Waals surface area contributed by atoms with Gasteiger partial charge in [0.05, 0.1) is 23.4 Å². The molecule has 0 aromatic heterocycles. The van der Waals surface area contributed by atoms with E-state index in [9.17, 15) is 19.8 Å². The molecule has 9 heteroatoms. The van der Waals surface area contributed by atoms with E-state index in [0.29, 0.717) is 12.8 Å². The van der Waals surface area contributed by atoms with Gasteiger partial charge in [-0.25, -0.2) is 0 Å². The molecule has 1 saturated heterocycles. The van der Waals surface area contributed by atoms with E-state index in [1.165, 1.54) is 0 Å². The lowest BCUT2D eigenvalue weighted by Gasteiger charge is -2.64. The van der Waals surface area contributed by atoms with Crippen LogP contribution in [0.3, 0.4) is 0 Å². The van der Waals surface area contributed by atoms with Crippen LogP contribution in [0.2, 0.25) is 0 Å². The van der Waals surface area contributed by atoms with Gasteiger partial charge in [0.25, 0.3) is 0 Å². The van der Waals surface area contributed by atoms with Crippen LogP contribution < -0.4 is 11.5 Å². The van der Waals surface area contributed by atoms with E-state index < -0.39 is 34.8 Å². The molecule has 2 spiro atoms. The Bertz CT molecular complexity index is 1330. The molecule has 14 atom stereocenters. The van der Waals surface area contributed by atoms with E-state index >= 15 is 0 Å². The maximum Gasteiger partial charge on any atom is 0.323 e. The Morgan fingerprint density at radius 2 is 1.41 bits per heavy atom. The molecule has 280 valence electrons. The molecular weight excluding hydrogens is 620 g/mol. The number of ether oxygens (including phenoxy) is 3. The molecule has 49 heavy (non-hydrogen) atoms. The van der Waals surface area contributed by atoms with Crippen molar-refractivity contribution in [2.24, 2.45) is 68.1 Å². The maximum absolute atomic E-state index is 13.7. The van der Waals surface area contributed by atoms with Gasteiger partial charge in [0, 0.05) is 17.3 Å². The maximum atomic E-state index is 13.7. The SMILES string of the molecule is CC(C)C(N)C(=O)O[C@H]1CC2C3(CC[C@]4(C)[C@@H]([C@@]5(C)CCC(C(C)(C)O)O5)[C@@H](O)C[C@@]24C)CC32CC[C@H](OC(=O)C(N)C(C)C)C(C)(C)[C@H]12. The van der Waals surface area contributed by atoms with Gasteiger partial charge in [0.15, 0.2) is 0 Å². The first-order valence-electron chi connectivity index (χ1n) is 19.4. The van der Waals surface area contributed by atoms with Crippen molar-refractivity contribution in [2.75, 3.05) is 0 Å². The van der Waals surface area contributed by atoms with Crippen LogP contribution in [0.5, 0.6) is 0 Å². The van der Waals surface area contributed by atoms with Gasteiger partial charge in [-0.05, 0) is 118 Å². The normalized spacial score (nSPS) is 48.2. The largest absolute Gasteiger partial charge is 0.461 e. The number of carbonyl (C=O) groups excluding carboxylic acids is 2. The molecule has 0 aromatic rings. The third-order valence-corrected chi connectivity index (χ3v) is 16.2. The lowest BCUT2D eigenvalue weighted by Crippen LogP contribution is -2.63. The van der Waals surface area contributed by atoms with Crippen LogP contribution in [0.15, 0.2) is 0 Å². The minimum atomic E-state index is -0.950. The predicted molar refractivity (Wildman–Crippen MR) is 188 cm³/mol. The van der Waals surface area contributed by atoms with Crippen molar-refractivity contribution in [2.45, 2.75) is 182 Å². The molecule has 6 rings (SSSR count). The quantitative estimate of drug-likeness (QED) is 0.242. The van der Waals surface area contributed by atoms with Crippen LogP contribution >= 0.6 is 0 Å². The van der Waals surface area contributed by atoms with E-state index in [-0.39, 0.29) is 81.5 Å². The molecule has 1 aliphatic heterocycles. The highest BCUT2D eigenvalue weighted by atomic mass is 16.6. The van der Waals surface area contributed by atoms with Crippen LogP contribution in [0, 0.1) is 56.7 Å². The third-order valence-electron chi connectivity index (χ3n) is 16.2. The summed E-state index contributed by atoms with van der Waals surface area (Å²) in [5.41, 5.74) is 10.3. The second-order valence-corrected chi connectivity index (χ2v) is 20.3. The highest BCUT2D eigenvalue weighted by Gasteiger charge is 2.85. The summed E-state index contributed by atoms with van der Waals surface area (Å²) >= 11 is 0. The lowest BCUT2D eigenvalue weighted by atomic mass is 9.41. The van der Waals surface area contributed by atoms with Crippen LogP contribution in [-0.4, -0.2) is 69.9 Å². The fourth-order valence-electron chi connectivity index (χ4n) is 13.4. The van der Waals surface area contributed by atoms with Gasteiger partial charge >= 0.3 is 11.9 Å². The smallest absolute Gasteiger partial charge is 0.323 e. The van der Waals surface area contributed by atoms with Crippen molar-refractivity contribution in [3.63, 3.8) is 0 Å². The van der Waals surface area contributed by atoms with E-state index in [4.69, 9.17) is 25.7 Å². The van der Waals surface area contributed by atoms with Gasteiger partial charge in [-0.3, -0.25) is 9.59 Å². The highest BCUT2D eigenvalue weighted by Crippen LogP contribution is 2.89. The average Bonchev–Trinajstić information content (AvgIpc) is 3.35. The zero-order valence-electron chi connectivity index (χ0n) is 32.3. The summed E-state index contributed by atoms with van der Waals surface area (Å²) in [4.78, 5) is 26.9. The number of hydrogen-bond donors (Lipinski definition) is 4. The Labute approximate surface area is 295 Å². The Balaban J connectivity index is 1.37. The van der Waals surface area contributed by atoms with Gasteiger partial charge in [-0.15, -0.1) is 0 Å². The summed E-state index contributed by atoms with van der Waals surface area (Å²) in [7, 11) is 0. The van der Waals surface area contributed by atoms with Crippen molar-refractivity contribution in [1.29, 1.82) is 0 Å². The zero-order valence-corrected chi connectivity index (χ0v) is 32.3. The summed E-state index contributed by atoms with van der Waals surface area (Å²) in [6.45, 7) is 22.8. The van der Waals surface area contributed by atoms with Crippen LogP contribution in [0.4, 0.5) is 0 Å². The second kappa shape index (κ2) is 11.6. The first kappa shape index (κ1) is 37.5. The Morgan fingerprint density at radius 1 is 0.816 bits per heavy atom. The molecule has 1 heterocycles. The monoisotopic (exact) mass is 689 g/mol. The van der Waals surface area contributed by atoms with Crippen molar-refractivity contribution >= 4 is 11.9 Å². The number of aliphatic hydroxyl groups is 2. The standard InChI is InChI=1S/C40H68N2O7/c1-21(2)28(41)32(44)47-24-18-25-37(10)19-23(43)30(38(11)14-12-27(49-38)35(7,8)46)36(37,9)16-17-39(25)20-40(39)15-13-26(34(5,6)31(24)40)48-33(45)29(42)22(3)4/h21-31,43,46H,12-20,41-42H2,1-11H3/t23-,24-,25?,26-,27?,28?,29?,30-,31-,36+,37-,38+,39?,40?/m0/s1. The molecule has 5 aliphatic carbocycles. The molecule has 0 bridgehead atoms. The number of hydrogen-bond acceptors (Lipinski definition) is 9. The summed E-state index contributed by atoms with van der Waals surface area (Å²) in [5, 5.41) is 23.0. The summed E-state index contributed by atoms with van der Waals surface area (Å²) in [6, 6.07) is -1.41. The molecule has 9 nitrogen and oxygen atoms in total. The Morgan fingerprint density at radius 3 is 1.96 bits per heavy atom. The molecule has 0 aromatic carbocycles. The van der Waals surface area contributed by atoms with Gasteiger partial charge in [0.2, 0.25) is 0 Å². The second-order valence-electron chi connectivity index (χ2n) is 20.3. The number of fused-ring (bicyclic) bond motifs is 2. The van der Waals surface area contributed by atoms with E-state index in [0.717, 1.165) is 44.9 Å². The molecule has 5 saturated carbocycles. The lowest BCUT2D eigenvalue weighted by molar-refractivity contribution is -0.226. The van der Waals surface area contributed by atoms with Crippen molar-refractivity contribution in [3.05, 3.63) is 0 Å². The Kier molecular flexibility index (Phi) is 8.89. The van der Waals surface area contributed by atoms with Crippen LogP contribution in [-0.2, 0) is 23.8 Å². The fourth-order valence-corrected chi connectivity index (χ4v) is 13.4. The van der Waals surface area contributed by atoms with E-state index in [1.807, 2.05) is 41.5 Å². The van der Waals surface area contributed by atoms with Crippen LogP contribution in [0.1, 0.15) is 134 Å². The number of rotatable bonds is 8. The van der Waals surface area contributed by atoms with Gasteiger partial charge in [-0.2, -0.15) is 0 Å². The van der Waals surface area contributed by atoms with Crippen molar-refractivity contribution in [1.82, 2.24) is 0 Å². The van der Waals surface area contributed by atoms with Crippen molar-refractivity contribution < 1.29 is 34.0 Å². The summed E-state index contributed by atoms with van der Waals surface area (Å²) < 4.78 is 19.6. The minimum absolute atomic E-state index is 0.000284. The third kappa shape index (κ3) is 5.23. The van der Waals surface area contributed by atoms with Gasteiger partial charge < -0.3 is 35.9 Å². The number of aliphatic hydroxyl groups excluding tert-OH is 1. The van der Waals surface area contributed by atoms with Crippen molar-refractivity contribution in [3.8, 4) is 0 Å². The first-order valence-corrected chi connectivity index (χ1v) is 19.4. The van der Waals surface area contributed by atoms with Gasteiger partial charge in [-0.1, -0.05) is 55.4 Å². The van der Waals surface area contributed by atoms with Crippen LogP contribution in [0.25, 0.3) is 0 Å². The molecule has 0 amide bonds. The highest BCUT2D eigenvalue weighted by molar-refractivity contribution is 5.76. The first-order chi connectivity index (χ1) is 22.4. The zero-order chi connectivity index (χ0) is 36.5. The topological polar surface area (TPSA) is 154 Å². The predicted octanol–water partition coefficient (Wildman–Crippen LogP) is 5.51. The minimum Gasteiger partial charge on any atom is -0.461 e. The molecular formula is C40H68N2O7. The Hall–Kier alpha value is -1.26. The van der Waals surface area contributed by atoms with E-state index in [2.05, 4.69) is 34.6 Å². The summed E-state index contributed by atoms with van der Waals surface area (Å²) in [5.74, 6) is -0.648. The molecule has 6 unspecified atom stereocenters. The number of esters is 2. The van der Waals surface area contributed by atoms with Gasteiger partial charge in [0.1, 0.15) is 24.3 Å². The van der Waals surface area contributed by atoms with E-state index in [1.54, 1.807) is 0 Å².